The Morgan fingerprint density at radius 3 is 1.88 bits per heavy atom. The average Bonchev–Trinajstić information content (AvgIpc) is 2.70. The van der Waals surface area contributed by atoms with E-state index in [0.29, 0.717) is 11.1 Å². The third-order valence-corrected chi connectivity index (χ3v) is 6.95. The molecule has 9 nitrogen and oxygen atoms in total. The summed E-state index contributed by atoms with van der Waals surface area (Å²) in [4.78, 5) is 26.2. The summed E-state index contributed by atoms with van der Waals surface area (Å²) >= 11 is 0. The molecule has 32 heavy (non-hydrogen) atoms. The van der Waals surface area contributed by atoms with E-state index in [0.717, 1.165) is 16.8 Å². The molecule has 0 aromatic heterocycles. The van der Waals surface area contributed by atoms with E-state index in [1.54, 1.807) is 33.2 Å². The van der Waals surface area contributed by atoms with Gasteiger partial charge in [0.2, 0.25) is 15.9 Å². The van der Waals surface area contributed by atoms with Gasteiger partial charge in [-0.25, -0.2) is 16.8 Å². The molecule has 0 saturated carbocycles. The summed E-state index contributed by atoms with van der Waals surface area (Å²) in [6.07, 6.45) is 2.10. The minimum absolute atomic E-state index is 0.166. The highest BCUT2D eigenvalue weighted by atomic mass is 32.2. The van der Waals surface area contributed by atoms with E-state index in [4.69, 9.17) is 0 Å². The predicted molar refractivity (Wildman–Crippen MR) is 123 cm³/mol. The predicted octanol–water partition coefficient (Wildman–Crippen LogP) is 1.44. The van der Waals surface area contributed by atoms with Gasteiger partial charge in [-0.2, -0.15) is 0 Å². The van der Waals surface area contributed by atoms with Gasteiger partial charge in [-0.15, -0.1) is 0 Å². The first kappa shape index (κ1) is 25.3. The van der Waals surface area contributed by atoms with Crippen molar-refractivity contribution in [2.75, 3.05) is 37.5 Å². The standard InChI is InChI=1S/C21H27N3O6S2/c1-15(16-8-12-19(13-9-16)31(4,27)28)22-20(25)14-24(32(5,29)30)18-10-6-17(7-11-18)21(26)23(2)3/h6-13,15H,14H2,1-5H3,(H,22,25). The summed E-state index contributed by atoms with van der Waals surface area (Å²) in [6, 6.07) is 11.6. The zero-order valence-electron chi connectivity index (χ0n) is 18.6. The van der Waals surface area contributed by atoms with Crippen molar-refractivity contribution in [3.8, 4) is 0 Å². The number of benzene rings is 2. The molecule has 1 atom stereocenters. The van der Waals surface area contributed by atoms with Crippen LogP contribution in [0, 0.1) is 0 Å². The molecule has 2 rings (SSSR count). The van der Waals surface area contributed by atoms with Crippen LogP contribution in [0.25, 0.3) is 0 Å². The number of hydrogen-bond donors (Lipinski definition) is 1. The Morgan fingerprint density at radius 2 is 1.44 bits per heavy atom. The van der Waals surface area contributed by atoms with E-state index in [1.165, 1.54) is 41.3 Å². The third kappa shape index (κ3) is 6.54. The van der Waals surface area contributed by atoms with Crippen molar-refractivity contribution in [1.82, 2.24) is 10.2 Å². The molecule has 0 spiro atoms. The first-order valence-electron chi connectivity index (χ1n) is 9.59. The number of anilines is 1. The molecular weight excluding hydrogens is 454 g/mol. The molecule has 1 unspecified atom stereocenters. The Hall–Kier alpha value is -2.92. The summed E-state index contributed by atoms with van der Waals surface area (Å²) in [7, 11) is -3.88. The van der Waals surface area contributed by atoms with Crippen molar-refractivity contribution < 1.29 is 26.4 Å². The molecule has 2 aromatic carbocycles. The molecule has 0 aliphatic carbocycles. The molecule has 0 radical (unpaired) electrons. The number of nitrogens with zero attached hydrogens (tertiary/aromatic N) is 2. The molecule has 2 amide bonds. The zero-order valence-corrected chi connectivity index (χ0v) is 20.2. The van der Waals surface area contributed by atoms with Crippen molar-refractivity contribution in [3.05, 3.63) is 59.7 Å². The van der Waals surface area contributed by atoms with Crippen molar-refractivity contribution in [3.63, 3.8) is 0 Å². The van der Waals surface area contributed by atoms with E-state index in [9.17, 15) is 26.4 Å². The monoisotopic (exact) mass is 481 g/mol. The van der Waals surface area contributed by atoms with Crippen molar-refractivity contribution in [2.45, 2.75) is 17.9 Å². The van der Waals surface area contributed by atoms with Gasteiger partial charge >= 0.3 is 0 Å². The number of carbonyl (C=O) groups is 2. The molecule has 0 heterocycles. The molecule has 11 heteroatoms. The lowest BCUT2D eigenvalue weighted by atomic mass is 10.1. The number of amides is 2. The summed E-state index contributed by atoms with van der Waals surface area (Å²) in [5.74, 6) is -0.764. The highest BCUT2D eigenvalue weighted by Crippen LogP contribution is 2.20. The maximum Gasteiger partial charge on any atom is 0.253 e. The maximum absolute atomic E-state index is 12.6. The number of carbonyl (C=O) groups excluding carboxylic acids is 2. The van der Waals surface area contributed by atoms with Crippen molar-refractivity contribution in [1.29, 1.82) is 0 Å². The van der Waals surface area contributed by atoms with E-state index < -0.39 is 38.4 Å². The quantitative estimate of drug-likeness (QED) is 0.609. The Labute approximate surface area is 189 Å². The zero-order chi connectivity index (χ0) is 24.3. The van der Waals surface area contributed by atoms with Crippen LogP contribution in [0.5, 0.6) is 0 Å². The van der Waals surface area contributed by atoms with Gasteiger partial charge in [0, 0.05) is 25.9 Å². The first-order valence-corrected chi connectivity index (χ1v) is 13.3. The Morgan fingerprint density at radius 1 is 0.906 bits per heavy atom. The molecular formula is C21H27N3O6S2. The van der Waals surface area contributed by atoms with Crippen LogP contribution in [0.1, 0.15) is 28.9 Å². The molecule has 0 fully saturated rings. The van der Waals surface area contributed by atoms with Crippen LogP contribution < -0.4 is 9.62 Å². The maximum atomic E-state index is 12.6. The summed E-state index contributed by atoms with van der Waals surface area (Å²) in [6.45, 7) is 1.26. The van der Waals surface area contributed by atoms with Crippen LogP contribution in [0.15, 0.2) is 53.4 Å². The lowest BCUT2D eigenvalue weighted by Gasteiger charge is -2.23. The van der Waals surface area contributed by atoms with Crippen molar-refractivity contribution in [2.24, 2.45) is 0 Å². The summed E-state index contributed by atoms with van der Waals surface area (Å²) in [5, 5.41) is 2.72. The van der Waals surface area contributed by atoms with E-state index in [-0.39, 0.29) is 16.5 Å². The van der Waals surface area contributed by atoms with Gasteiger partial charge in [0.15, 0.2) is 9.84 Å². The second-order valence-corrected chi connectivity index (χ2v) is 11.6. The topological polar surface area (TPSA) is 121 Å². The fraction of sp³-hybridized carbons (Fsp3) is 0.333. The van der Waals surface area contributed by atoms with Crippen LogP contribution in [0.4, 0.5) is 5.69 Å². The van der Waals surface area contributed by atoms with Crippen LogP contribution in [0.2, 0.25) is 0 Å². The highest BCUT2D eigenvalue weighted by molar-refractivity contribution is 7.92. The number of sulfone groups is 1. The van der Waals surface area contributed by atoms with E-state index >= 15 is 0 Å². The van der Waals surface area contributed by atoms with Gasteiger partial charge in [0.05, 0.1) is 22.9 Å². The van der Waals surface area contributed by atoms with Crippen LogP contribution in [-0.4, -0.2) is 66.7 Å². The van der Waals surface area contributed by atoms with E-state index in [1.807, 2.05) is 0 Å². The lowest BCUT2D eigenvalue weighted by Crippen LogP contribution is -2.41. The smallest absolute Gasteiger partial charge is 0.253 e. The minimum Gasteiger partial charge on any atom is -0.348 e. The second kappa shape index (κ2) is 9.70. The lowest BCUT2D eigenvalue weighted by molar-refractivity contribution is -0.120. The number of sulfonamides is 1. The Kier molecular flexibility index (Phi) is 7.68. The highest BCUT2D eigenvalue weighted by Gasteiger charge is 2.22. The first-order chi connectivity index (χ1) is 14.7. The van der Waals surface area contributed by atoms with Crippen LogP contribution in [0.3, 0.4) is 0 Å². The van der Waals surface area contributed by atoms with Gasteiger partial charge < -0.3 is 10.2 Å². The minimum atomic E-state index is -3.77. The summed E-state index contributed by atoms with van der Waals surface area (Å²) in [5.41, 5.74) is 1.31. The molecule has 0 aliphatic heterocycles. The molecule has 1 N–H and O–H groups in total. The summed E-state index contributed by atoms with van der Waals surface area (Å²) < 4.78 is 48.7. The van der Waals surface area contributed by atoms with Gasteiger partial charge in [0.25, 0.3) is 5.91 Å². The van der Waals surface area contributed by atoms with Gasteiger partial charge in [-0.3, -0.25) is 13.9 Å². The molecule has 0 bridgehead atoms. The molecule has 0 aliphatic rings. The fourth-order valence-electron chi connectivity index (χ4n) is 2.93. The third-order valence-electron chi connectivity index (χ3n) is 4.68. The number of rotatable bonds is 8. The number of hydrogen-bond acceptors (Lipinski definition) is 6. The van der Waals surface area contributed by atoms with Crippen molar-refractivity contribution >= 4 is 37.4 Å². The molecule has 174 valence electrons. The Bertz CT molecular complexity index is 1190. The Balaban J connectivity index is 2.16. The largest absolute Gasteiger partial charge is 0.348 e. The van der Waals surface area contributed by atoms with Crippen LogP contribution >= 0.6 is 0 Å². The second-order valence-electron chi connectivity index (χ2n) is 7.65. The normalized spacial score (nSPS) is 12.7. The average molecular weight is 482 g/mol. The fourth-order valence-corrected chi connectivity index (χ4v) is 4.42. The molecule has 2 aromatic rings. The molecule has 0 saturated heterocycles. The van der Waals surface area contributed by atoms with Gasteiger partial charge in [0.1, 0.15) is 6.54 Å². The van der Waals surface area contributed by atoms with Gasteiger partial charge in [-0.05, 0) is 48.9 Å². The SMILES string of the molecule is CC(NC(=O)CN(c1ccc(C(=O)N(C)C)cc1)S(C)(=O)=O)c1ccc(S(C)(=O)=O)cc1. The van der Waals surface area contributed by atoms with E-state index in [2.05, 4.69) is 5.32 Å². The van der Waals surface area contributed by atoms with Crippen LogP contribution in [-0.2, 0) is 24.7 Å². The van der Waals surface area contributed by atoms with Gasteiger partial charge in [-0.1, -0.05) is 12.1 Å². The number of nitrogens with one attached hydrogen (secondary N) is 1.